The number of nitrogens with zero attached hydrogens (tertiary/aromatic N) is 3. The van der Waals surface area contributed by atoms with Crippen LogP contribution in [-0.2, 0) is 16.8 Å². The van der Waals surface area contributed by atoms with Crippen molar-refractivity contribution in [2.45, 2.75) is 64.1 Å². The third-order valence-electron chi connectivity index (χ3n) is 4.75. The summed E-state index contributed by atoms with van der Waals surface area (Å²) in [6.07, 6.45) is 4.58. The van der Waals surface area contributed by atoms with Crippen molar-refractivity contribution in [2.24, 2.45) is 5.92 Å². The number of aliphatic hydroxyl groups is 1. The summed E-state index contributed by atoms with van der Waals surface area (Å²) >= 11 is 0. The number of hydrogen-bond acceptors (Lipinski definition) is 7. The van der Waals surface area contributed by atoms with Crippen molar-refractivity contribution in [3.63, 3.8) is 0 Å². The van der Waals surface area contributed by atoms with Gasteiger partial charge in [-0.15, -0.1) is 5.10 Å². The van der Waals surface area contributed by atoms with Gasteiger partial charge in [0.1, 0.15) is 0 Å². The van der Waals surface area contributed by atoms with E-state index in [2.05, 4.69) is 25.8 Å². The van der Waals surface area contributed by atoms with Gasteiger partial charge in [-0.25, -0.2) is 0 Å². The van der Waals surface area contributed by atoms with E-state index in [0.717, 1.165) is 5.56 Å². The first-order chi connectivity index (χ1) is 12.8. The maximum Gasteiger partial charge on any atom is 0.315 e. The summed E-state index contributed by atoms with van der Waals surface area (Å²) in [5.74, 6) is 0.340. The lowest BCUT2D eigenvalue weighted by Gasteiger charge is -2.32. The SMILES string of the molecule is CC(C)(C)c1nnc(N[C@@H]2C[C@@H](C(=O)NCc3cccnc3)CC[C@H]2O)o1. The third kappa shape index (κ3) is 5.03. The molecule has 3 rings (SSSR count). The third-order valence-corrected chi connectivity index (χ3v) is 4.75. The zero-order valence-electron chi connectivity index (χ0n) is 16.0. The van der Waals surface area contributed by atoms with Crippen LogP contribution < -0.4 is 10.6 Å². The molecule has 1 fully saturated rings. The predicted octanol–water partition coefficient (Wildman–Crippen LogP) is 2.02. The second kappa shape index (κ2) is 8.04. The molecular formula is C19H27N5O3. The van der Waals surface area contributed by atoms with Gasteiger partial charge in [-0.05, 0) is 30.9 Å². The molecule has 0 radical (unpaired) electrons. The molecule has 1 aliphatic carbocycles. The fourth-order valence-electron chi connectivity index (χ4n) is 3.13. The number of anilines is 1. The van der Waals surface area contributed by atoms with Crippen LogP contribution in [-0.4, -0.2) is 38.3 Å². The number of hydrogen-bond donors (Lipinski definition) is 3. The molecule has 1 saturated carbocycles. The first-order valence-electron chi connectivity index (χ1n) is 9.28. The van der Waals surface area contributed by atoms with E-state index in [9.17, 15) is 9.90 Å². The van der Waals surface area contributed by atoms with E-state index in [-0.39, 0.29) is 29.3 Å². The standard InChI is InChI=1S/C19H27N5O3/c1-19(2,3)17-23-24-18(27-17)22-14-9-13(6-7-15(14)25)16(26)21-11-12-5-4-8-20-10-12/h4-5,8,10,13-15,25H,6-7,9,11H2,1-3H3,(H,21,26)(H,22,24)/t13-,14+,15+/m0/s1. The zero-order valence-corrected chi connectivity index (χ0v) is 16.0. The molecule has 2 aromatic rings. The lowest BCUT2D eigenvalue weighted by Crippen LogP contribution is -2.44. The maximum atomic E-state index is 12.5. The molecule has 3 atom stereocenters. The molecule has 0 bridgehead atoms. The van der Waals surface area contributed by atoms with Crippen LogP contribution in [0.3, 0.4) is 0 Å². The highest BCUT2D eigenvalue weighted by molar-refractivity contribution is 5.78. The second-order valence-electron chi connectivity index (χ2n) is 8.07. The molecule has 27 heavy (non-hydrogen) atoms. The highest BCUT2D eigenvalue weighted by Crippen LogP contribution is 2.28. The Bertz CT molecular complexity index is 756. The molecule has 0 unspecified atom stereocenters. The Morgan fingerprint density at radius 2 is 2.15 bits per heavy atom. The van der Waals surface area contributed by atoms with E-state index in [4.69, 9.17) is 4.42 Å². The maximum absolute atomic E-state index is 12.5. The fraction of sp³-hybridized carbons (Fsp3) is 0.579. The van der Waals surface area contributed by atoms with Crippen molar-refractivity contribution < 1.29 is 14.3 Å². The molecule has 8 heteroatoms. The van der Waals surface area contributed by atoms with Gasteiger partial charge in [-0.3, -0.25) is 9.78 Å². The van der Waals surface area contributed by atoms with Crippen molar-refractivity contribution in [3.05, 3.63) is 36.0 Å². The molecule has 1 aliphatic rings. The minimum Gasteiger partial charge on any atom is -0.408 e. The smallest absolute Gasteiger partial charge is 0.315 e. The molecule has 1 amide bonds. The Morgan fingerprint density at radius 1 is 1.33 bits per heavy atom. The largest absolute Gasteiger partial charge is 0.408 e. The molecule has 3 N–H and O–H groups in total. The Balaban J connectivity index is 1.57. The van der Waals surface area contributed by atoms with E-state index in [1.807, 2.05) is 32.9 Å². The number of nitrogens with one attached hydrogen (secondary N) is 2. The van der Waals surface area contributed by atoms with Crippen LogP contribution >= 0.6 is 0 Å². The Morgan fingerprint density at radius 3 is 2.81 bits per heavy atom. The van der Waals surface area contributed by atoms with Gasteiger partial charge < -0.3 is 20.2 Å². The zero-order chi connectivity index (χ0) is 19.4. The normalized spacial score (nSPS) is 23.0. The minimum atomic E-state index is -0.558. The van der Waals surface area contributed by atoms with Crippen LogP contribution in [0.15, 0.2) is 28.9 Å². The Hall–Kier alpha value is -2.48. The van der Waals surface area contributed by atoms with Crippen molar-refractivity contribution >= 4 is 11.9 Å². The highest BCUT2D eigenvalue weighted by atomic mass is 16.4. The van der Waals surface area contributed by atoms with Gasteiger partial charge >= 0.3 is 6.01 Å². The summed E-state index contributed by atoms with van der Waals surface area (Å²) in [6.45, 7) is 6.41. The van der Waals surface area contributed by atoms with Crippen LogP contribution in [0.25, 0.3) is 0 Å². The number of pyridine rings is 1. The van der Waals surface area contributed by atoms with Gasteiger partial charge in [0.25, 0.3) is 0 Å². The monoisotopic (exact) mass is 373 g/mol. The lowest BCUT2D eigenvalue weighted by atomic mass is 9.83. The summed E-state index contributed by atoms with van der Waals surface area (Å²) in [5, 5.41) is 24.4. The molecule has 0 spiro atoms. The summed E-state index contributed by atoms with van der Waals surface area (Å²) in [4.78, 5) is 16.6. The molecule has 2 heterocycles. The van der Waals surface area contributed by atoms with E-state index in [0.29, 0.717) is 31.7 Å². The average Bonchev–Trinajstić information content (AvgIpc) is 3.11. The van der Waals surface area contributed by atoms with Gasteiger partial charge in [0.2, 0.25) is 11.8 Å². The molecular weight excluding hydrogens is 346 g/mol. The Kier molecular flexibility index (Phi) is 5.74. The lowest BCUT2D eigenvalue weighted by molar-refractivity contribution is -0.126. The number of carbonyl (C=O) groups excluding carboxylic acids is 1. The van der Waals surface area contributed by atoms with E-state index in [1.54, 1.807) is 12.4 Å². The summed E-state index contributed by atoms with van der Waals surface area (Å²) < 4.78 is 5.65. The van der Waals surface area contributed by atoms with Crippen LogP contribution in [0.2, 0.25) is 0 Å². The van der Waals surface area contributed by atoms with Crippen LogP contribution in [0.5, 0.6) is 0 Å². The quantitative estimate of drug-likeness (QED) is 0.735. The number of carbonyl (C=O) groups is 1. The molecule has 146 valence electrons. The Labute approximate surface area is 158 Å². The second-order valence-corrected chi connectivity index (χ2v) is 8.07. The molecule has 0 aliphatic heterocycles. The van der Waals surface area contributed by atoms with Gasteiger partial charge in [-0.2, -0.15) is 0 Å². The first kappa shape index (κ1) is 19.3. The highest BCUT2D eigenvalue weighted by Gasteiger charge is 2.34. The van der Waals surface area contributed by atoms with E-state index in [1.165, 1.54) is 0 Å². The fourth-order valence-corrected chi connectivity index (χ4v) is 3.13. The van der Waals surface area contributed by atoms with Gasteiger partial charge in [-0.1, -0.05) is 31.9 Å². The van der Waals surface area contributed by atoms with Crippen molar-refractivity contribution in [1.29, 1.82) is 0 Å². The molecule has 8 nitrogen and oxygen atoms in total. The summed E-state index contributed by atoms with van der Waals surface area (Å²) in [5.41, 5.74) is 0.712. The van der Waals surface area contributed by atoms with Gasteiger partial charge in [0.05, 0.1) is 12.1 Å². The van der Waals surface area contributed by atoms with Crippen LogP contribution in [0.4, 0.5) is 6.01 Å². The summed E-state index contributed by atoms with van der Waals surface area (Å²) in [7, 11) is 0. The first-order valence-corrected chi connectivity index (χ1v) is 9.28. The van der Waals surface area contributed by atoms with Crippen LogP contribution in [0.1, 0.15) is 51.5 Å². The molecule has 2 aromatic heterocycles. The van der Waals surface area contributed by atoms with Crippen molar-refractivity contribution in [3.8, 4) is 0 Å². The van der Waals surface area contributed by atoms with Crippen molar-refractivity contribution in [2.75, 3.05) is 5.32 Å². The number of rotatable bonds is 5. The number of amides is 1. The topological polar surface area (TPSA) is 113 Å². The average molecular weight is 373 g/mol. The van der Waals surface area contributed by atoms with E-state index >= 15 is 0 Å². The number of aliphatic hydroxyl groups excluding tert-OH is 1. The molecule has 0 saturated heterocycles. The minimum absolute atomic E-state index is 0.0153. The van der Waals surface area contributed by atoms with E-state index < -0.39 is 6.10 Å². The number of aromatic nitrogens is 3. The van der Waals surface area contributed by atoms with Gasteiger partial charge in [0.15, 0.2) is 0 Å². The van der Waals surface area contributed by atoms with Crippen LogP contribution in [0, 0.1) is 5.92 Å². The van der Waals surface area contributed by atoms with Gasteiger partial charge in [0, 0.05) is 30.3 Å². The molecule has 0 aromatic carbocycles. The predicted molar refractivity (Wildman–Crippen MR) is 99.8 cm³/mol. The summed E-state index contributed by atoms with van der Waals surface area (Å²) in [6, 6.07) is 3.74. The van der Waals surface area contributed by atoms with Crippen molar-refractivity contribution in [1.82, 2.24) is 20.5 Å².